The number of aromatic nitrogens is 2. The van der Waals surface area contributed by atoms with Crippen LogP contribution in [0.2, 0.25) is 5.02 Å². The molecule has 1 aromatic carbocycles. The Balaban J connectivity index is 1.71. The Labute approximate surface area is 149 Å². The minimum Gasteiger partial charge on any atom is -0.356 e. The van der Waals surface area contributed by atoms with Crippen molar-refractivity contribution in [2.24, 2.45) is 4.99 Å². The minimum atomic E-state index is 0.142. The topological polar surface area (TPSA) is 54.2 Å². The fraction of sp³-hybridized carbons (Fsp3) is 0.444. The number of hydrogen-bond acceptors (Lipinski definition) is 2. The van der Waals surface area contributed by atoms with Crippen LogP contribution in [-0.4, -0.2) is 29.1 Å². The van der Waals surface area contributed by atoms with Gasteiger partial charge in [-0.3, -0.25) is 4.99 Å². The molecule has 1 heterocycles. The van der Waals surface area contributed by atoms with Gasteiger partial charge in [-0.2, -0.15) is 0 Å². The molecule has 2 aromatic rings. The number of hydrogen-bond donors (Lipinski definition) is 2. The van der Waals surface area contributed by atoms with Gasteiger partial charge >= 0.3 is 0 Å². The highest BCUT2D eigenvalue weighted by molar-refractivity contribution is 6.30. The normalized spacial score (nSPS) is 12.9. The fourth-order valence-electron chi connectivity index (χ4n) is 2.51. The number of nitrogens with one attached hydrogen (secondary N) is 2. The Morgan fingerprint density at radius 3 is 2.88 bits per heavy atom. The molecule has 5 nitrogen and oxygen atoms in total. The summed E-state index contributed by atoms with van der Waals surface area (Å²) in [4.78, 5) is 8.52. The lowest BCUT2D eigenvalue weighted by Crippen LogP contribution is -2.39. The molecule has 0 aliphatic rings. The average molecular weight is 348 g/mol. The van der Waals surface area contributed by atoms with Crippen LogP contribution in [0.15, 0.2) is 41.7 Å². The van der Waals surface area contributed by atoms with Crippen LogP contribution in [0.5, 0.6) is 0 Å². The summed E-state index contributed by atoms with van der Waals surface area (Å²) in [5.74, 6) is 1.87. The summed E-state index contributed by atoms with van der Waals surface area (Å²) in [5, 5.41) is 7.50. The van der Waals surface area contributed by atoms with Crippen molar-refractivity contribution in [3.63, 3.8) is 0 Å². The van der Waals surface area contributed by atoms with Crippen molar-refractivity contribution in [1.82, 2.24) is 20.2 Å². The zero-order valence-electron chi connectivity index (χ0n) is 14.6. The number of rotatable bonds is 7. The third-order valence-electron chi connectivity index (χ3n) is 3.97. The van der Waals surface area contributed by atoms with E-state index in [4.69, 9.17) is 11.6 Å². The number of aliphatic imine (C=N–C) groups is 1. The van der Waals surface area contributed by atoms with Crippen molar-refractivity contribution in [3.8, 4) is 0 Å². The van der Waals surface area contributed by atoms with Gasteiger partial charge in [-0.25, -0.2) is 4.98 Å². The van der Waals surface area contributed by atoms with Crippen LogP contribution >= 0.6 is 11.6 Å². The standard InChI is InChI=1S/C18H26ClN5/c1-14(16-7-6-8-17(19)13-16)23-18(20-3)22-9-4-5-11-24-12-10-21-15(24)2/h6-8,10,12-14H,4-5,9,11H2,1-3H3,(H2,20,22,23). The first-order valence-corrected chi connectivity index (χ1v) is 8.68. The van der Waals surface area contributed by atoms with E-state index >= 15 is 0 Å². The molecule has 1 atom stereocenters. The Bertz CT molecular complexity index is 665. The number of aryl methyl sites for hydroxylation is 2. The molecule has 0 aliphatic heterocycles. The zero-order valence-corrected chi connectivity index (χ0v) is 15.3. The van der Waals surface area contributed by atoms with Gasteiger partial charge in [0, 0.05) is 37.6 Å². The highest BCUT2D eigenvalue weighted by Gasteiger charge is 2.07. The van der Waals surface area contributed by atoms with Crippen molar-refractivity contribution < 1.29 is 0 Å². The van der Waals surface area contributed by atoms with Gasteiger partial charge in [0.2, 0.25) is 0 Å². The first-order valence-electron chi connectivity index (χ1n) is 8.30. The highest BCUT2D eigenvalue weighted by atomic mass is 35.5. The maximum absolute atomic E-state index is 6.05. The molecule has 1 unspecified atom stereocenters. The van der Waals surface area contributed by atoms with E-state index in [-0.39, 0.29) is 6.04 Å². The van der Waals surface area contributed by atoms with Gasteiger partial charge in [-0.15, -0.1) is 0 Å². The summed E-state index contributed by atoms with van der Waals surface area (Å²) in [6.45, 7) is 6.01. The van der Waals surface area contributed by atoms with Crippen LogP contribution in [0, 0.1) is 6.92 Å². The predicted molar refractivity (Wildman–Crippen MR) is 101 cm³/mol. The predicted octanol–water partition coefficient (Wildman–Crippen LogP) is 3.55. The van der Waals surface area contributed by atoms with E-state index in [0.717, 1.165) is 48.3 Å². The van der Waals surface area contributed by atoms with E-state index in [9.17, 15) is 0 Å². The maximum Gasteiger partial charge on any atom is 0.191 e. The van der Waals surface area contributed by atoms with E-state index in [1.54, 1.807) is 7.05 Å². The number of halogens is 1. The van der Waals surface area contributed by atoms with E-state index in [1.165, 1.54) is 0 Å². The summed E-state index contributed by atoms with van der Waals surface area (Å²) in [5.41, 5.74) is 1.14. The molecule has 6 heteroatoms. The number of benzene rings is 1. The molecule has 0 spiro atoms. The molecule has 0 bridgehead atoms. The van der Waals surface area contributed by atoms with Crippen LogP contribution in [0.3, 0.4) is 0 Å². The van der Waals surface area contributed by atoms with Crippen LogP contribution < -0.4 is 10.6 Å². The summed E-state index contributed by atoms with van der Waals surface area (Å²) in [6, 6.07) is 8.02. The molecule has 0 amide bonds. The molecule has 0 saturated carbocycles. The highest BCUT2D eigenvalue weighted by Crippen LogP contribution is 2.17. The van der Waals surface area contributed by atoms with Gasteiger partial charge < -0.3 is 15.2 Å². The van der Waals surface area contributed by atoms with E-state index in [2.05, 4.69) is 38.2 Å². The van der Waals surface area contributed by atoms with Crippen molar-refractivity contribution in [3.05, 3.63) is 53.1 Å². The maximum atomic E-state index is 6.05. The van der Waals surface area contributed by atoms with Crippen molar-refractivity contribution in [2.45, 2.75) is 39.3 Å². The third-order valence-corrected chi connectivity index (χ3v) is 4.20. The summed E-state index contributed by atoms with van der Waals surface area (Å²) in [6.07, 6.45) is 6.04. The molecule has 24 heavy (non-hydrogen) atoms. The van der Waals surface area contributed by atoms with Crippen LogP contribution in [-0.2, 0) is 6.54 Å². The van der Waals surface area contributed by atoms with E-state index in [1.807, 2.05) is 37.5 Å². The second kappa shape index (κ2) is 9.33. The monoisotopic (exact) mass is 347 g/mol. The number of imidazole rings is 1. The zero-order chi connectivity index (χ0) is 17.4. The Morgan fingerprint density at radius 2 is 2.21 bits per heavy atom. The number of nitrogens with zero attached hydrogens (tertiary/aromatic N) is 3. The third kappa shape index (κ3) is 5.57. The second-order valence-corrected chi connectivity index (χ2v) is 6.23. The van der Waals surface area contributed by atoms with Crippen molar-refractivity contribution in [2.75, 3.05) is 13.6 Å². The summed E-state index contributed by atoms with van der Waals surface area (Å²) >= 11 is 6.05. The second-order valence-electron chi connectivity index (χ2n) is 5.79. The van der Waals surface area contributed by atoms with Gasteiger partial charge in [-0.1, -0.05) is 23.7 Å². The van der Waals surface area contributed by atoms with Crippen molar-refractivity contribution >= 4 is 17.6 Å². The van der Waals surface area contributed by atoms with E-state index < -0.39 is 0 Å². The van der Waals surface area contributed by atoms with Gasteiger partial charge in [0.25, 0.3) is 0 Å². The molecule has 0 saturated heterocycles. The number of guanidine groups is 1. The molecule has 0 fully saturated rings. The summed E-state index contributed by atoms with van der Waals surface area (Å²) < 4.78 is 2.17. The molecule has 130 valence electrons. The lowest BCUT2D eigenvalue weighted by Gasteiger charge is -2.18. The smallest absolute Gasteiger partial charge is 0.191 e. The van der Waals surface area contributed by atoms with Crippen LogP contribution in [0.4, 0.5) is 0 Å². The largest absolute Gasteiger partial charge is 0.356 e. The lowest BCUT2D eigenvalue weighted by molar-refractivity contribution is 0.585. The molecule has 2 rings (SSSR count). The van der Waals surface area contributed by atoms with Crippen LogP contribution in [0.25, 0.3) is 0 Å². The summed E-state index contributed by atoms with van der Waals surface area (Å²) in [7, 11) is 1.79. The molecule has 0 radical (unpaired) electrons. The lowest BCUT2D eigenvalue weighted by atomic mass is 10.1. The average Bonchev–Trinajstić information content (AvgIpc) is 2.98. The SMILES string of the molecule is CN=C(NCCCCn1ccnc1C)NC(C)c1cccc(Cl)c1. The first kappa shape index (κ1) is 18.3. The van der Waals surface area contributed by atoms with Gasteiger partial charge in [0.15, 0.2) is 5.96 Å². The Kier molecular flexibility index (Phi) is 7.12. The molecular weight excluding hydrogens is 322 g/mol. The molecule has 1 aromatic heterocycles. The van der Waals surface area contributed by atoms with Gasteiger partial charge in [0.05, 0.1) is 6.04 Å². The molecular formula is C18H26ClN5. The van der Waals surface area contributed by atoms with Crippen LogP contribution in [0.1, 0.15) is 37.2 Å². The minimum absolute atomic E-state index is 0.142. The number of unbranched alkanes of at least 4 members (excludes halogenated alkanes) is 1. The molecule has 0 aliphatic carbocycles. The Hall–Kier alpha value is -2.01. The van der Waals surface area contributed by atoms with Gasteiger partial charge in [0.1, 0.15) is 5.82 Å². The van der Waals surface area contributed by atoms with Gasteiger partial charge in [-0.05, 0) is 44.4 Å². The fourth-order valence-corrected chi connectivity index (χ4v) is 2.71. The van der Waals surface area contributed by atoms with E-state index in [0.29, 0.717) is 0 Å². The molecule has 2 N–H and O–H groups in total. The Morgan fingerprint density at radius 1 is 1.38 bits per heavy atom. The quantitative estimate of drug-likeness (QED) is 0.457. The first-order chi connectivity index (χ1) is 11.6. The van der Waals surface area contributed by atoms with Crippen molar-refractivity contribution in [1.29, 1.82) is 0 Å².